The molecule has 0 bridgehead atoms. The lowest BCUT2D eigenvalue weighted by molar-refractivity contribution is -0.119. The number of nitrogens with one attached hydrogen (secondary N) is 3. The third kappa shape index (κ3) is 4.95. The van der Waals surface area contributed by atoms with Gasteiger partial charge in [-0.25, -0.2) is 8.42 Å². The highest BCUT2D eigenvalue weighted by molar-refractivity contribution is 7.92. The molecule has 9 heteroatoms. The quantitative estimate of drug-likeness (QED) is 0.661. The topological polar surface area (TPSA) is 96.5 Å². The van der Waals surface area contributed by atoms with Crippen molar-refractivity contribution in [2.75, 3.05) is 30.2 Å². The highest BCUT2D eigenvalue weighted by Crippen LogP contribution is 2.28. The minimum absolute atomic E-state index is 0. The number of rotatable bonds is 6. The maximum atomic E-state index is 12.9. The molecule has 0 spiro atoms. The summed E-state index contributed by atoms with van der Waals surface area (Å²) in [6, 6.07) is 11.7. The molecule has 0 aliphatic carbocycles. The molecule has 2 aromatic carbocycles. The molecule has 152 valence electrons. The molecule has 1 aliphatic heterocycles. The Morgan fingerprint density at radius 1 is 1.21 bits per heavy atom. The predicted octanol–water partition coefficient (Wildman–Crippen LogP) is 2.77. The zero-order chi connectivity index (χ0) is 19.4. The normalized spacial score (nSPS) is 16.1. The van der Waals surface area contributed by atoms with Crippen molar-refractivity contribution in [2.45, 2.75) is 18.2 Å². The number of benzene rings is 2. The number of carbonyl (C=O) groups is 1. The van der Waals surface area contributed by atoms with Crippen LogP contribution in [0.25, 0.3) is 0 Å². The van der Waals surface area contributed by atoms with Crippen LogP contribution in [0.2, 0.25) is 0 Å². The van der Waals surface area contributed by atoms with Gasteiger partial charge in [-0.3, -0.25) is 9.52 Å². The standard InChI is InChI=1S/C19H23N3O4S.ClH/c1-13-7-8-15(21-19(23)14-9-10-20-12-14)11-18(13)27(24,25)22-16-5-3-4-6-17(16)26-2;/h3-8,11,14,20,22H,9-10,12H2,1-2H3,(H,21,23);1H. The smallest absolute Gasteiger partial charge is 0.262 e. The highest BCUT2D eigenvalue weighted by Gasteiger charge is 2.24. The molecule has 1 amide bonds. The van der Waals surface area contributed by atoms with Gasteiger partial charge in [-0.05, 0) is 49.7 Å². The highest BCUT2D eigenvalue weighted by atomic mass is 35.5. The van der Waals surface area contributed by atoms with Gasteiger partial charge >= 0.3 is 0 Å². The summed E-state index contributed by atoms with van der Waals surface area (Å²) in [6.45, 7) is 3.16. The lowest BCUT2D eigenvalue weighted by Crippen LogP contribution is -2.25. The molecule has 1 heterocycles. The van der Waals surface area contributed by atoms with E-state index in [9.17, 15) is 13.2 Å². The first-order chi connectivity index (χ1) is 12.9. The van der Waals surface area contributed by atoms with Gasteiger partial charge in [0.1, 0.15) is 5.75 Å². The van der Waals surface area contributed by atoms with E-state index in [0.717, 1.165) is 13.0 Å². The van der Waals surface area contributed by atoms with E-state index in [1.165, 1.54) is 13.2 Å². The van der Waals surface area contributed by atoms with E-state index in [-0.39, 0.29) is 29.1 Å². The summed E-state index contributed by atoms with van der Waals surface area (Å²) in [5.41, 5.74) is 1.39. The minimum atomic E-state index is -3.85. The Bertz CT molecular complexity index is 944. The van der Waals surface area contributed by atoms with Crippen LogP contribution in [0.4, 0.5) is 11.4 Å². The van der Waals surface area contributed by atoms with Crippen LogP contribution < -0.4 is 20.1 Å². The van der Waals surface area contributed by atoms with Crippen LogP contribution in [0.1, 0.15) is 12.0 Å². The number of amides is 1. The number of ether oxygens (including phenoxy) is 1. The van der Waals surface area contributed by atoms with Gasteiger partial charge in [0.2, 0.25) is 5.91 Å². The van der Waals surface area contributed by atoms with Gasteiger partial charge in [0.05, 0.1) is 23.6 Å². The molecule has 28 heavy (non-hydrogen) atoms. The van der Waals surface area contributed by atoms with Gasteiger partial charge < -0.3 is 15.4 Å². The van der Waals surface area contributed by atoms with E-state index in [1.54, 1.807) is 43.3 Å². The van der Waals surface area contributed by atoms with E-state index in [4.69, 9.17) is 4.74 Å². The van der Waals surface area contributed by atoms with E-state index < -0.39 is 10.0 Å². The van der Waals surface area contributed by atoms with Crippen molar-refractivity contribution < 1.29 is 17.9 Å². The number of methoxy groups -OCH3 is 1. The van der Waals surface area contributed by atoms with Crippen molar-refractivity contribution in [2.24, 2.45) is 5.92 Å². The molecule has 1 aliphatic rings. The van der Waals surface area contributed by atoms with Gasteiger partial charge in [0, 0.05) is 12.2 Å². The number of hydrogen-bond acceptors (Lipinski definition) is 5. The van der Waals surface area contributed by atoms with Crippen LogP contribution >= 0.6 is 12.4 Å². The summed E-state index contributed by atoms with van der Waals surface area (Å²) in [5.74, 6) is 0.222. The largest absolute Gasteiger partial charge is 0.495 e. The molecule has 0 saturated carbocycles. The molecular weight excluding hydrogens is 402 g/mol. The van der Waals surface area contributed by atoms with Crippen LogP contribution in [0, 0.1) is 12.8 Å². The fourth-order valence-corrected chi connectivity index (χ4v) is 4.36. The number of sulfonamides is 1. The van der Waals surface area contributed by atoms with E-state index in [1.807, 2.05) is 0 Å². The van der Waals surface area contributed by atoms with Gasteiger partial charge in [-0.1, -0.05) is 18.2 Å². The van der Waals surface area contributed by atoms with Gasteiger partial charge in [-0.2, -0.15) is 0 Å². The lowest BCUT2D eigenvalue weighted by Gasteiger charge is -2.15. The average molecular weight is 426 g/mol. The first-order valence-electron chi connectivity index (χ1n) is 8.69. The minimum Gasteiger partial charge on any atom is -0.495 e. The first kappa shape index (κ1) is 22.0. The number of para-hydroxylation sites is 2. The Labute approximate surface area is 171 Å². The predicted molar refractivity (Wildman–Crippen MR) is 112 cm³/mol. The SMILES string of the molecule is COc1ccccc1NS(=O)(=O)c1cc(NC(=O)C2CCNC2)ccc1C.Cl. The number of hydrogen-bond donors (Lipinski definition) is 3. The van der Waals surface area contributed by atoms with E-state index in [0.29, 0.717) is 29.2 Å². The summed E-state index contributed by atoms with van der Waals surface area (Å²) in [5, 5.41) is 5.96. The second-order valence-electron chi connectivity index (χ2n) is 6.47. The van der Waals surface area contributed by atoms with Gasteiger partial charge in [-0.15, -0.1) is 12.4 Å². The fraction of sp³-hybridized carbons (Fsp3) is 0.316. The Kier molecular flexibility index (Phi) is 7.29. The maximum Gasteiger partial charge on any atom is 0.262 e. The Hall–Kier alpha value is -2.29. The third-order valence-corrected chi connectivity index (χ3v) is 6.04. The van der Waals surface area contributed by atoms with Crippen molar-refractivity contribution in [3.8, 4) is 5.75 Å². The summed E-state index contributed by atoms with van der Waals surface area (Å²) in [7, 11) is -2.37. The number of anilines is 2. The van der Waals surface area contributed by atoms with Crippen LogP contribution in [0.3, 0.4) is 0 Å². The van der Waals surface area contributed by atoms with Crippen LogP contribution in [-0.2, 0) is 14.8 Å². The van der Waals surface area contributed by atoms with Gasteiger partial charge in [0.15, 0.2) is 0 Å². The molecule has 1 fully saturated rings. The molecule has 7 nitrogen and oxygen atoms in total. The van der Waals surface area contributed by atoms with Crippen LogP contribution in [0.5, 0.6) is 5.75 Å². The second kappa shape index (κ2) is 9.27. The molecule has 0 radical (unpaired) electrons. The molecular formula is C19H24ClN3O4S. The van der Waals surface area contributed by atoms with E-state index in [2.05, 4.69) is 15.4 Å². The second-order valence-corrected chi connectivity index (χ2v) is 8.12. The first-order valence-corrected chi connectivity index (χ1v) is 10.2. The number of carbonyl (C=O) groups excluding carboxylic acids is 1. The molecule has 1 saturated heterocycles. The summed E-state index contributed by atoms with van der Waals surface area (Å²) in [6.07, 6.45) is 0.776. The third-order valence-electron chi connectivity index (χ3n) is 4.53. The number of aryl methyl sites for hydroxylation is 1. The Balaban J connectivity index is 0.00000280. The molecule has 2 aromatic rings. The van der Waals surface area contributed by atoms with Crippen molar-refractivity contribution in [1.82, 2.24) is 5.32 Å². The summed E-state index contributed by atoms with van der Waals surface area (Å²) >= 11 is 0. The van der Waals surface area contributed by atoms with Crippen LogP contribution in [-0.4, -0.2) is 34.5 Å². The van der Waals surface area contributed by atoms with Crippen molar-refractivity contribution in [3.05, 3.63) is 48.0 Å². The summed E-state index contributed by atoms with van der Waals surface area (Å²) in [4.78, 5) is 12.4. The molecule has 1 unspecified atom stereocenters. The van der Waals surface area contributed by atoms with Crippen molar-refractivity contribution in [3.63, 3.8) is 0 Å². The van der Waals surface area contributed by atoms with Gasteiger partial charge in [0.25, 0.3) is 10.0 Å². The number of halogens is 1. The Morgan fingerprint density at radius 3 is 2.64 bits per heavy atom. The maximum absolute atomic E-state index is 12.9. The zero-order valence-corrected chi connectivity index (χ0v) is 17.3. The van der Waals surface area contributed by atoms with Crippen molar-refractivity contribution in [1.29, 1.82) is 0 Å². The van der Waals surface area contributed by atoms with Crippen LogP contribution in [0.15, 0.2) is 47.4 Å². The fourth-order valence-electron chi connectivity index (χ4n) is 3.02. The van der Waals surface area contributed by atoms with Crippen molar-refractivity contribution >= 4 is 39.7 Å². The van der Waals surface area contributed by atoms with E-state index >= 15 is 0 Å². The summed E-state index contributed by atoms with van der Waals surface area (Å²) < 4.78 is 33.5. The molecule has 1 atom stereocenters. The average Bonchev–Trinajstić information content (AvgIpc) is 3.18. The zero-order valence-electron chi connectivity index (χ0n) is 15.7. The monoisotopic (exact) mass is 425 g/mol. The lowest BCUT2D eigenvalue weighted by atomic mass is 10.1. The Morgan fingerprint density at radius 2 is 1.96 bits per heavy atom. The molecule has 3 N–H and O–H groups in total. The molecule has 0 aromatic heterocycles. The molecule has 3 rings (SSSR count).